The number of nitriles is 1. The first-order valence-corrected chi connectivity index (χ1v) is 6.85. The number of rotatable bonds is 2. The minimum Gasteiger partial charge on any atom is -0.365 e. The maximum atomic E-state index is 12.3. The van der Waals surface area contributed by atoms with E-state index in [0.29, 0.717) is 10.7 Å². The number of carbonyl (C=O) groups is 2. The van der Waals surface area contributed by atoms with E-state index in [1.165, 1.54) is 16.7 Å². The minimum atomic E-state index is -0.825. The maximum Gasteiger partial charge on any atom is 0.262 e. The van der Waals surface area contributed by atoms with Crippen LogP contribution in [0.1, 0.15) is 12.5 Å². The predicted molar refractivity (Wildman–Crippen MR) is 77.6 cm³/mol. The summed E-state index contributed by atoms with van der Waals surface area (Å²) in [4.78, 5) is 25.0. The Bertz CT molecular complexity index is 643. The minimum absolute atomic E-state index is 0.164. The summed E-state index contributed by atoms with van der Waals surface area (Å²) in [5, 5.41) is 9.03. The van der Waals surface area contributed by atoms with Crippen molar-refractivity contribution in [3.05, 3.63) is 40.4 Å². The highest BCUT2D eigenvalue weighted by Crippen LogP contribution is 2.40. The molecule has 1 fully saturated rings. The Morgan fingerprint density at radius 2 is 2.00 bits per heavy atom. The lowest BCUT2D eigenvalue weighted by Crippen LogP contribution is -2.29. The second-order valence-corrected chi connectivity index (χ2v) is 5.75. The average Bonchev–Trinajstić information content (AvgIpc) is 2.68. The van der Waals surface area contributed by atoms with Gasteiger partial charge in [-0.15, -0.1) is 0 Å². The van der Waals surface area contributed by atoms with Crippen molar-refractivity contribution in [1.29, 1.82) is 5.26 Å². The molecule has 0 unspecified atom stereocenters. The first kappa shape index (κ1) is 14.2. The van der Waals surface area contributed by atoms with Crippen LogP contribution < -0.4 is 10.6 Å². The summed E-state index contributed by atoms with van der Waals surface area (Å²) in [5.74, 6) is -0.989. The number of carbonyl (C=O) groups excluding carboxylic acids is 2. The first-order chi connectivity index (χ1) is 9.45. The third-order valence-electron chi connectivity index (χ3n) is 2.92. The highest BCUT2D eigenvalue weighted by atomic mass is 32.2. The van der Waals surface area contributed by atoms with Crippen LogP contribution in [0.2, 0.25) is 0 Å². The van der Waals surface area contributed by atoms with E-state index in [9.17, 15) is 9.59 Å². The van der Waals surface area contributed by atoms with Crippen LogP contribution in [-0.2, 0) is 9.59 Å². The summed E-state index contributed by atoms with van der Waals surface area (Å²) in [6, 6.07) is 9.08. The van der Waals surface area contributed by atoms with Crippen molar-refractivity contribution in [3.63, 3.8) is 0 Å². The summed E-state index contributed by atoms with van der Waals surface area (Å²) in [6.07, 6.45) is 0. The van der Waals surface area contributed by atoms with Crippen LogP contribution in [0.15, 0.2) is 34.9 Å². The summed E-state index contributed by atoms with van der Waals surface area (Å²) in [6.45, 7) is 3.67. The van der Waals surface area contributed by atoms with Gasteiger partial charge in [0.15, 0.2) is 0 Å². The Kier molecular flexibility index (Phi) is 3.81. The molecular weight excluding hydrogens is 274 g/mol. The Balaban J connectivity index is 2.58. The first-order valence-electron chi connectivity index (χ1n) is 5.97. The molecule has 0 aromatic heterocycles. The van der Waals surface area contributed by atoms with Crippen LogP contribution >= 0.6 is 11.8 Å². The van der Waals surface area contributed by atoms with Gasteiger partial charge >= 0.3 is 0 Å². The van der Waals surface area contributed by atoms with E-state index in [-0.39, 0.29) is 16.7 Å². The van der Waals surface area contributed by atoms with Gasteiger partial charge in [0.05, 0.1) is 5.25 Å². The van der Waals surface area contributed by atoms with Crippen LogP contribution in [0.3, 0.4) is 0 Å². The van der Waals surface area contributed by atoms with Crippen molar-refractivity contribution in [3.8, 4) is 6.07 Å². The number of anilines is 1. The van der Waals surface area contributed by atoms with Crippen molar-refractivity contribution >= 4 is 29.3 Å². The lowest BCUT2D eigenvalue weighted by atomic mass is 10.2. The van der Waals surface area contributed by atoms with Crippen LogP contribution in [0, 0.1) is 18.3 Å². The number of primary amides is 1. The third-order valence-corrected chi connectivity index (χ3v) is 4.09. The Morgan fingerprint density at radius 1 is 1.40 bits per heavy atom. The second-order valence-electron chi connectivity index (χ2n) is 4.43. The fraction of sp³-hybridized carbons (Fsp3) is 0.214. The quantitative estimate of drug-likeness (QED) is 0.662. The Hall–Kier alpha value is -2.26. The number of aryl methyl sites for hydroxylation is 1. The van der Waals surface area contributed by atoms with Gasteiger partial charge in [0.2, 0.25) is 5.91 Å². The number of hydrogen-bond donors (Lipinski definition) is 1. The number of nitrogens with two attached hydrogens (primary N) is 1. The molecule has 1 aromatic rings. The molecular formula is C14H13N3O2S. The lowest BCUT2D eigenvalue weighted by Gasteiger charge is -2.18. The van der Waals surface area contributed by atoms with Crippen LogP contribution in [-0.4, -0.2) is 17.1 Å². The highest BCUT2D eigenvalue weighted by Gasteiger charge is 2.37. The molecule has 0 radical (unpaired) electrons. The largest absolute Gasteiger partial charge is 0.365 e. The van der Waals surface area contributed by atoms with Gasteiger partial charge in [-0.05, 0) is 26.0 Å². The Labute approximate surface area is 121 Å². The molecule has 0 aliphatic carbocycles. The lowest BCUT2D eigenvalue weighted by molar-refractivity contribution is -0.116. The zero-order valence-electron chi connectivity index (χ0n) is 11.1. The molecule has 0 spiro atoms. The van der Waals surface area contributed by atoms with Crippen molar-refractivity contribution < 1.29 is 9.59 Å². The summed E-state index contributed by atoms with van der Waals surface area (Å²) >= 11 is 1.17. The van der Waals surface area contributed by atoms with E-state index in [1.807, 2.05) is 19.1 Å². The maximum absolute atomic E-state index is 12.3. The molecule has 0 bridgehead atoms. The topological polar surface area (TPSA) is 87.2 Å². The van der Waals surface area contributed by atoms with E-state index in [0.717, 1.165) is 5.56 Å². The fourth-order valence-corrected chi connectivity index (χ4v) is 2.98. The number of benzene rings is 1. The van der Waals surface area contributed by atoms with Crippen molar-refractivity contribution in [2.75, 3.05) is 4.90 Å². The van der Waals surface area contributed by atoms with Gasteiger partial charge in [-0.1, -0.05) is 29.5 Å². The van der Waals surface area contributed by atoms with Gasteiger partial charge in [0.1, 0.15) is 16.7 Å². The third kappa shape index (κ3) is 2.40. The number of thioether (sulfide) groups is 1. The summed E-state index contributed by atoms with van der Waals surface area (Å²) in [5.41, 5.74) is 6.71. The molecule has 20 heavy (non-hydrogen) atoms. The molecule has 2 amide bonds. The smallest absolute Gasteiger partial charge is 0.262 e. The van der Waals surface area contributed by atoms with Crippen molar-refractivity contribution in [1.82, 2.24) is 0 Å². The zero-order valence-corrected chi connectivity index (χ0v) is 11.9. The SMILES string of the molecule is Cc1ccc(N2C(=O)[C@H](C)S/C2=C(\C#N)C(N)=O)cc1. The van der Waals surface area contributed by atoms with Gasteiger partial charge < -0.3 is 5.73 Å². The van der Waals surface area contributed by atoms with Crippen LogP contribution in [0.4, 0.5) is 5.69 Å². The van der Waals surface area contributed by atoms with Crippen LogP contribution in [0.5, 0.6) is 0 Å². The molecule has 2 rings (SSSR count). The molecule has 2 N–H and O–H groups in total. The number of amides is 2. The van der Waals surface area contributed by atoms with E-state index in [2.05, 4.69) is 0 Å². The van der Waals surface area contributed by atoms with Gasteiger partial charge in [-0.3, -0.25) is 14.5 Å². The van der Waals surface area contributed by atoms with Gasteiger partial charge in [0, 0.05) is 5.69 Å². The summed E-state index contributed by atoms with van der Waals surface area (Å²) in [7, 11) is 0. The van der Waals surface area contributed by atoms with Gasteiger partial charge in [-0.2, -0.15) is 5.26 Å². The molecule has 1 aromatic carbocycles. The van der Waals surface area contributed by atoms with Crippen molar-refractivity contribution in [2.24, 2.45) is 5.73 Å². The molecule has 1 aliphatic heterocycles. The standard InChI is InChI=1S/C14H13N3O2S/c1-8-3-5-10(6-4-8)17-13(19)9(2)20-14(17)11(7-15)12(16)18/h3-6,9H,1-2H3,(H2,16,18)/b14-11+/t9-/m0/s1. The fourth-order valence-electron chi connectivity index (χ4n) is 1.87. The normalized spacial score (nSPS) is 20.8. The molecule has 1 saturated heterocycles. The number of nitrogens with zero attached hydrogens (tertiary/aromatic N) is 2. The molecule has 1 heterocycles. The van der Waals surface area contributed by atoms with E-state index >= 15 is 0 Å². The highest BCUT2D eigenvalue weighted by molar-refractivity contribution is 8.05. The second kappa shape index (κ2) is 5.39. The molecule has 102 valence electrons. The van der Waals surface area contributed by atoms with Crippen molar-refractivity contribution in [2.45, 2.75) is 19.1 Å². The molecule has 1 aliphatic rings. The molecule has 1 atom stereocenters. The monoisotopic (exact) mass is 287 g/mol. The predicted octanol–water partition coefficient (Wildman–Crippen LogP) is 1.68. The molecule has 6 heteroatoms. The molecule has 5 nitrogen and oxygen atoms in total. The Morgan fingerprint density at radius 3 is 2.50 bits per heavy atom. The molecule has 0 saturated carbocycles. The summed E-state index contributed by atoms with van der Waals surface area (Å²) < 4.78 is 0. The van der Waals surface area contributed by atoms with E-state index in [4.69, 9.17) is 11.0 Å². The van der Waals surface area contributed by atoms with Crippen LogP contribution in [0.25, 0.3) is 0 Å². The zero-order chi connectivity index (χ0) is 14.9. The average molecular weight is 287 g/mol. The van der Waals surface area contributed by atoms with E-state index in [1.54, 1.807) is 25.1 Å². The van der Waals surface area contributed by atoms with Gasteiger partial charge in [0.25, 0.3) is 5.91 Å². The van der Waals surface area contributed by atoms with Gasteiger partial charge in [-0.25, -0.2) is 0 Å². The van der Waals surface area contributed by atoms with E-state index < -0.39 is 5.91 Å². The number of hydrogen-bond acceptors (Lipinski definition) is 4.